The third-order valence-electron chi connectivity index (χ3n) is 3.32. The van der Waals surface area contributed by atoms with Crippen molar-refractivity contribution in [2.45, 2.75) is 0 Å². The lowest BCUT2D eigenvalue weighted by Crippen LogP contribution is -2.23. The van der Waals surface area contributed by atoms with Crippen LogP contribution in [-0.4, -0.2) is 16.7 Å². The molecule has 0 atom stereocenters. The molecule has 0 bridgehead atoms. The third-order valence-corrected chi connectivity index (χ3v) is 3.32. The maximum absolute atomic E-state index is 13.5. The topological polar surface area (TPSA) is 62.0 Å². The number of benzene rings is 2. The Hall–Kier alpha value is -3.09. The number of hydrogen-bond acceptors (Lipinski definition) is 2. The first kappa shape index (κ1) is 14.8. The molecular weight excluding hydrogens is 309 g/mol. The minimum absolute atomic E-state index is 0.0982. The van der Waals surface area contributed by atoms with Crippen LogP contribution in [0.25, 0.3) is 10.9 Å². The summed E-state index contributed by atoms with van der Waals surface area (Å²) in [6, 6.07) is 8.31. The molecular formula is C16H9F3N2O2. The Balaban J connectivity index is 1.89. The SMILES string of the molecule is O=C(Nc1ccc(F)c(F)c1F)C(=O)c1c[nH]c2ccccc12. The van der Waals surface area contributed by atoms with Crippen LogP contribution in [0, 0.1) is 17.5 Å². The van der Waals surface area contributed by atoms with Gasteiger partial charge in [0.15, 0.2) is 17.5 Å². The number of carbonyl (C=O) groups excluding carboxylic acids is 2. The van der Waals surface area contributed by atoms with Crippen LogP contribution in [0.15, 0.2) is 42.6 Å². The van der Waals surface area contributed by atoms with Crippen molar-refractivity contribution in [2.75, 3.05) is 5.32 Å². The minimum Gasteiger partial charge on any atom is -0.360 e. The van der Waals surface area contributed by atoms with Gasteiger partial charge in [-0.15, -0.1) is 0 Å². The first-order chi connectivity index (χ1) is 11.0. The molecule has 0 spiro atoms. The number of Topliss-reactive ketones (excluding diaryl/α,β-unsaturated/α-hetero) is 1. The normalized spacial score (nSPS) is 10.7. The highest BCUT2D eigenvalue weighted by atomic mass is 19.2. The lowest BCUT2D eigenvalue weighted by atomic mass is 10.1. The fourth-order valence-electron chi connectivity index (χ4n) is 2.18. The van der Waals surface area contributed by atoms with E-state index in [1.807, 2.05) is 5.32 Å². The van der Waals surface area contributed by atoms with E-state index in [0.29, 0.717) is 17.0 Å². The fourth-order valence-corrected chi connectivity index (χ4v) is 2.18. The summed E-state index contributed by atoms with van der Waals surface area (Å²) in [5.41, 5.74) is 0.144. The van der Waals surface area contributed by atoms with Crippen LogP contribution in [-0.2, 0) is 4.79 Å². The maximum Gasteiger partial charge on any atom is 0.296 e. The molecule has 0 unspecified atom stereocenters. The first-order valence-corrected chi connectivity index (χ1v) is 6.54. The van der Waals surface area contributed by atoms with E-state index in [2.05, 4.69) is 4.98 Å². The molecule has 0 saturated heterocycles. The van der Waals surface area contributed by atoms with E-state index in [4.69, 9.17) is 0 Å². The molecule has 7 heteroatoms. The summed E-state index contributed by atoms with van der Waals surface area (Å²) in [6.07, 6.45) is 1.36. The van der Waals surface area contributed by atoms with E-state index >= 15 is 0 Å². The molecule has 0 fully saturated rings. The maximum atomic E-state index is 13.5. The molecule has 0 aliphatic heterocycles. The van der Waals surface area contributed by atoms with E-state index in [1.54, 1.807) is 24.3 Å². The molecule has 1 amide bonds. The van der Waals surface area contributed by atoms with E-state index in [0.717, 1.165) is 6.07 Å². The average molecular weight is 318 g/mol. The minimum atomic E-state index is -1.72. The number of halogens is 3. The van der Waals surface area contributed by atoms with Gasteiger partial charge in [0.25, 0.3) is 11.7 Å². The summed E-state index contributed by atoms with van der Waals surface area (Å²) >= 11 is 0. The van der Waals surface area contributed by atoms with Crippen LogP contribution in [0.5, 0.6) is 0 Å². The van der Waals surface area contributed by atoms with Gasteiger partial charge < -0.3 is 10.3 Å². The zero-order valence-corrected chi connectivity index (χ0v) is 11.5. The highest BCUT2D eigenvalue weighted by Gasteiger charge is 2.22. The molecule has 3 aromatic rings. The molecule has 4 nitrogen and oxygen atoms in total. The Kier molecular flexibility index (Phi) is 3.61. The van der Waals surface area contributed by atoms with Gasteiger partial charge >= 0.3 is 0 Å². The predicted molar refractivity (Wildman–Crippen MR) is 77.6 cm³/mol. The van der Waals surface area contributed by atoms with Gasteiger partial charge in [0.1, 0.15) is 0 Å². The van der Waals surface area contributed by atoms with Crippen LogP contribution in [0.2, 0.25) is 0 Å². The summed E-state index contributed by atoms with van der Waals surface area (Å²) in [5, 5.41) is 2.47. The Labute approximate surface area is 127 Å². The van der Waals surface area contributed by atoms with Crippen molar-refractivity contribution in [2.24, 2.45) is 0 Å². The molecule has 0 aliphatic rings. The number of hydrogen-bond donors (Lipinski definition) is 2. The van der Waals surface area contributed by atoms with Gasteiger partial charge in [-0.05, 0) is 18.2 Å². The molecule has 2 N–H and O–H groups in total. The van der Waals surface area contributed by atoms with Crippen molar-refractivity contribution in [3.8, 4) is 0 Å². The van der Waals surface area contributed by atoms with Crippen molar-refractivity contribution >= 4 is 28.3 Å². The summed E-state index contributed by atoms with van der Waals surface area (Å²) in [5.74, 6) is -6.75. The number of aromatic amines is 1. The summed E-state index contributed by atoms with van der Waals surface area (Å²) in [6.45, 7) is 0. The second-order valence-electron chi connectivity index (χ2n) is 4.75. The Bertz CT molecular complexity index is 934. The van der Waals surface area contributed by atoms with Crippen LogP contribution in [0.4, 0.5) is 18.9 Å². The van der Waals surface area contributed by atoms with E-state index < -0.39 is 34.8 Å². The predicted octanol–water partition coefficient (Wildman–Crippen LogP) is 3.41. The molecule has 1 aromatic heterocycles. The Morgan fingerprint density at radius 1 is 0.957 bits per heavy atom. The highest BCUT2D eigenvalue weighted by Crippen LogP contribution is 2.21. The van der Waals surface area contributed by atoms with Gasteiger partial charge in [-0.2, -0.15) is 0 Å². The van der Waals surface area contributed by atoms with E-state index in [9.17, 15) is 22.8 Å². The molecule has 0 aliphatic carbocycles. The standard InChI is InChI=1S/C16H9F3N2O2/c17-10-5-6-12(14(19)13(10)18)21-16(23)15(22)9-7-20-11-4-2-1-3-8(9)11/h1-7,20H,(H,21,23). The zero-order valence-electron chi connectivity index (χ0n) is 11.5. The number of carbonyl (C=O) groups is 2. The first-order valence-electron chi connectivity index (χ1n) is 6.54. The summed E-state index contributed by atoms with van der Waals surface area (Å²) in [4.78, 5) is 26.9. The van der Waals surface area contributed by atoms with Crippen LogP contribution in [0.1, 0.15) is 10.4 Å². The lowest BCUT2D eigenvalue weighted by molar-refractivity contribution is -0.112. The molecule has 2 aromatic carbocycles. The quantitative estimate of drug-likeness (QED) is 0.442. The number of fused-ring (bicyclic) bond motifs is 1. The van der Waals surface area contributed by atoms with Gasteiger partial charge in [-0.3, -0.25) is 9.59 Å². The van der Waals surface area contributed by atoms with Crippen LogP contribution < -0.4 is 5.32 Å². The van der Waals surface area contributed by atoms with Crippen LogP contribution in [0.3, 0.4) is 0 Å². The Morgan fingerprint density at radius 2 is 1.70 bits per heavy atom. The van der Waals surface area contributed by atoms with Gasteiger partial charge in [0, 0.05) is 17.1 Å². The molecule has 0 radical (unpaired) electrons. The number of aromatic nitrogens is 1. The van der Waals surface area contributed by atoms with Gasteiger partial charge in [-0.1, -0.05) is 18.2 Å². The number of amides is 1. The number of H-pyrrole nitrogens is 1. The molecule has 1 heterocycles. The number of para-hydroxylation sites is 1. The lowest BCUT2D eigenvalue weighted by Gasteiger charge is -2.06. The van der Waals surface area contributed by atoms with Crippen molar-refractivity contribution < 1.29 is 22.8 Å². The van der Waals surface area contributed by atoms with E-state index in [-0.39, 0.29) is 5.56 Å². The van der Waals surface area contributed by atoms with Crippen molar-refractivity contribution in [3.63, 3.8) is 0 Å². The highest BCUT2D eigenvalue weighted by molar-refractivity contribution is 6.48. The van der Waals surface area contributed by atoms with Crippen LogP contribution >= 0.6 is 0 Å². The van der Waals surface area contributed by atoms with E-state index in [1.165, 1.54) is 6.20 Å². The van der Waals surface area contributed by atoms with Gasteiger partial charge in [0.05, 0.1) is 11.3 Å². The van der Waals surface area contributed by atoms with Gasteiger partial charge in [-0.25, -0.2) is 13.2 Å². The molecule has 23 heavy (non-hydrogen) atoms. The van der Waals surface area contributed by atoms with Crippen molar-refractivity contribution in [1.82, 2.24) is 4.98 Å². The fraction of sp³-hybridized carbons (Fsp3) is 0. The number of ketones is 1. The van der Waals surface area contributed by atoms with Crippen molar-refractivity contribution in [3.05, 3.63) is 65.6 Å². The largest absolute Gasteiger partial charge is 0.360 e. The molecule has 0 saturated carbocycles. The summed E-state index contributed by atoms with van der Waals surface area (Å²) < 4.78 is 39.5. The number of nitrogens with one attached hydrogen (secondary N) is 2. The van der Waals surface area contributed by atoms with Crippen molar-refractivity contribution in [1.29, 1.82) is 0 Å². The monoisotopic (exact) mass is 318 g/mol. The Morgan fingerprint density at radius 3 is 2.48 bits per heavy atom. The smallest absolute Gasteiger partial charge is 0.296 e. The van der Waals surface area contributed by atoms with Gasteiger partial charge in [0.2, 0.25) is 0 Å². The number of rotatable bonds is 3. The zero-order chi connectivity index (χ0) is 16.6. The molecule has 3 rings (SSSR count). The third kappa shape index (κ3) is 2.57. The molecule has 116 valence electrons. The second-order valence-corrected chi connectivity index (χ2v) is 4.75. The second kappa shape index (κ2) is 5.60. The summed E-state index contributed by atoms with van der Waals surface area (Å²) in [7, 11) is 0. The number of anilines is 1. The average Bonchev–Trinajstić information content (AvgIpc) is 2.98.